The fourth-order valence-corrected chi connectivity index (χ4v) is 3.97. The third-order valence-corrected chi connectivity index (χ3v) is 5.67. The van der Waals surface area contributed by atoms with Crippen molar-refractivity contribution in [1.29, 1.82) is 0 Å². The van der Waals surface area contributed by atoms with E-state index in [1.165, 1.54) is 18.2 Å². The third-order valence-electron chi connectivity index (χ3n) is 3.29. The van der Waals surface area contributed by atoms with Gasteiger partial charge in [0.1, 0.15) is 26.9 Å². The molecule has 25 heavy (non-hydrogen) atoms. The Morgan fingerprint density at radius 1 is 0.840 bits per heavy atom. The molecule has 0 fully saturated rings. The summed E-state index contributed by atoms with van der Waals surface area (Å²) < 4.78 is 29.8. The van der Waals surface area contributed by atoms with Crippen molar-refractivity contribution >= 4 is 27.7 Å². The number of hydrogen-bond acceptors (Lipinski definition) is 4. The van der Waals surface area contributed by atoms with Crippen molar-refractivity contribution in [3.8, 4) is 0 Å². The van der Waals surface area contributed by atoms with Gasteiger partial charge in [0.2, 0.25) is 0 Å². The van der Waals surface area contributed by atoms with Crippen LogP contribution in [0.5, 0.6) is 0 Å². The van der Waals surface area contributed by atoms with E-state index in [0.717, 1.165) is 11.3 Å². The van der Waals surface area contributed by atoms with Crippen molar-refractivity contribution in [3.63, 3.8) is 0 Å². The quantitative estimate of drug-likeness (QED) is 0.374. The summed E-state index contributed by atoms with van der Waals surface area (Å²) in [6.45, 7) is 1.000. The van der Waals surface area contributed by atoms with Gasteiger partial charge in [-0.05, 0) is 31.0 Å². The van der Waals surface area contributed by atoms with E-state index in [1.54, 1.807) is 18.2 Å². The first-order chi connectivity index (χ1) is 12.1. The summed E-state index contributed by atoms with van der Waals surface area (Å²) in [6, 6.07) is 15.1. The van der Waals surface area contributed by atoms with Crippen LogP contribution in [0, 0.1) is 10.1 Å². The number of nitro groups is 1. The first kappa shape index (κ1) is 19.4. The van der Waals surface area contributed by atoms with Crippen molar-refractivity contribution in [3.05, 3.63) is 64.7 Å². The minimum atomic E-state index is -1.63. The summed E-state index contributed by atoms with van der Waals surface area (Å²) in [6.07, 6.45) is 1.44. The number of rotatable bonds is 10. The van der Waals surface area contributed by atoms with Crippen LogP contribution in [0.3, 0.4) is 0 Å². The van der Waals surface area contributed by atoms with Crippen LogP contribution in [0.25, 0.3) is 0 Å². The lowest BCUT2D eigenvalue weighted by Crippen LogP contribution is -2.22. The Morgan fingerprint density at radius 3 is 2.04 bits per heavy atom. The second kappa shape index (κ2) is 10.1. The Hall–Kier alpha value is -1.94. The maximum atomic E-state index is 12.1. The Bertz CT molecular complexity index is 756. The van der Waals surface area contributed by atoms with E-state index in [0.29, 0.717) is 19.5 Å². The lowest BCUT2D eigenvalue weighted by Gasteiger charge is -2.06. The predicted octanol–water partition coefficient (Wildman–Crippen LogP) is 2.30. The highest BCUT2D eigenvalue weighted by Gasteiger charge is 2.17. The van der Waals surface area contributed by atoms with E-state index in [-0.39, 0.29) is 10.6 Å². The van der Waals surface area contributed by atoms with Gasteiger partial charge in [-0.15, -0.1) is 0 Å². The molecule has 0 saturated carbocycles. The van der Waals surface area contributed by atoms with Crippen LogP contribution in [0.15, 0.2) is 64.4 Å². The van der Waals surface area contributed by atoms with Gasteiger partial charge >= 0.3 is 0 Å². The van der Waals surface area contributed by atoms with Crippen LogP contribution in [0.4, 0.5) is 5.69 Å². The Kier molecular flexibility index (Phi) is 7.86. The normalized spacial score (nSPS) is 13.3. The summed E-state index contributed by atoms with van der Waals surface area (Å²) in [5, 5.41) is 10.9. The molecule has 0 saturated heterocycles. The van der Waals surface area contributed by atoms with Gasteiger partial charge in [-0.1, -0.05) is 30.3 Å². The van der Waals surface area contributed by atoms with E-state index >= 15 is 0 Å². The summed E-state index contributed by atoms with van der Waals surface area (Å²) >= 11 is 0. The lowest BCUT2D eigenvalue weighted by molar-refractivity contribution is -0.387. The topological polar surface area (TPSA) is 101 Å². The zero-order valence-electron chi connectivity index (χ0n) is 13.4. The molecule has 0 aliphatic heterocycles. The summed E-state index contributed by atoms with van der Waals surface area (Å²) in [5.41, 5.74) is -0.159. The molecule has 2 aromatic carbocycles. The van der Waals surface area contributed by atoms with Crippen molar-refractivity contribution in [2.24, 2.45) is 0 Å². The van der Waals surface area contributed by atoms with Crippen LogP contribution in [-0.4, -0.2) is 26.4 Å². The smallest absolute Gasteiger partial charge is 0.258 e. The number of para-hydroxylation sites is 1. The lowest BCUT2D eigenvalue weighted by atomic mass is 10.3. The molecular weight excluding hydrogens is 362 g/mol. The molecule has 2 unspecified atom stereocenters. The number of nitrogens with one attached hydrogen (secondary N) is 2. The highest BCUT2D eigenvalue weighted by atomic mass is 32.2. The fraction of sp³-hybridized carbons (Fsp3) is 0.250. The number of benzene rings is 2. The van der Waals surface area contributed by atoms with Crippen molar-refractivity contribution in [1.82, 2.24) is 9.44 Å². The summed E-state index contributed by atoms with van der Waals surface area (Å²) in [4.78, 5) is 11.3. The van der Waals surface area contributed by atoms with Crippen LogP contribution < -0.4 is 9.44 Å². The van der Waals surface area contributed by atoms with Gasteiger partial charge in [0.25, 0.3) is 5.69 Å². The highest BCUT2D eigenvalue weighted by Crippen LogP contribution is 2.20. The molecule has 134 valence electrons. The van der Waals surface area contributed by atoms with E-state index in [4.69, 9.17) is 0 Å². The minimum Gasteiger partial charge on any atom is -0.258 e. The number of hydrogen-bond donors (Lipinski definition) is 2. The molecule has 2 atom stereocenters. The van der Waals surface area contributed by atoms with Crippen molar-refractivity contribution < 1.29 is 13.3 Å². The molecule has 0 amide bonds. The van der Waals surface area contributed by atoms with Gasteiger partial charge in [-0.3, -0.25) is 10.1 Å². The maximum Gasteiger partial charge on any atom is 0.286 e. The number of nitro benzene ring substituents is 1. The third kappa shape index (κ3) is 6.13. The Balaban J connectivity index is 1.69. The predicted molar refractivity (Wildman–Crippen MR) is 97.6 cm³/mol. The molecule has 9 heteroatoms. The second-order valence-corrected chi connectivity index (χ2v) is 7.63. The van der Waals surface area contributed by atoms with Gasteiger partial charge in [0.05, 0.1) is 9.82 Å². The van der Waals surface area contributed by atoms with E-state index in [9.17, 15) is 18.5 Å². The number of unbranched alkanes of at least 4 members (excludes halogenated alkanes) is 1. The maximum absolute atomic E-state index is 12.1. The molecule has 2 aromatic rings. The molecule has 2 N–H and O–H groups in total. The molecule has 0 heterocycles. The van der Waals surface area contributed by atoms with Gasteiger partial charge in [-0.2, -0.15) is 0 Å². The first-order valence-electron chi connectivity index (χ1n) is 7.68. The van der Waals surface area contributed by atoms with E-state index in [1.807, 2.05) is 18.2 Å². The zero-order valence-corrected chi connectivity index (χ0v) is 15.1. The molecule has 7 nitrogen and oxygen atoms in total. The van der Waals surface area contributed by atoms with Crippen molar-refractivity contribution in [2.45, 2.75) is 22.6 Å². The molecule has 2 rings (SSSR count). The summed E-state index contributed by atoms with van der Waals surface area (Å²) in [7, 11) is -2.87. The average Bonchev–Trinajstić information content (AvgIpc) is 2.64. The molecular formula is C16H19N3O4S2. The highest BCUT2D eigenvalue weighted by molar-refractivity contribution is 7.83. The SMILES string of the molecule is O=[N+]([O-])c1ccccc1S(=O)NCCCCNS(=O)c1ccccc1. The van der Waals surface area contributed by atoms with Gasteiger partial charge in [0.15, 0.2) is 0 Å². The number of nitrogens with zero attached hydrogens (tertiary/aromatic N) is 1. The van der Waals surface area contributed by atoms with Gasteiger partial charge in [-0.25, -0.2) is 17.9 Å². The molecule has 0 radical (unpaired) electrons. The minimum absolute atomic E-state index is 0.159. The Morgan fingerprint density at radius 2 is 1.40 bits per heavy atom. The fourth-order valence-electron chi connectivity index (χ4n) is 2.05. The van der Waals surface area contributed by atoms with Crippen LogP contribution in [-0.2, 0) is 22.0 Å². The van der Waals surface area contributed by atoms with Crippen LogP contribution in [0.2, 0.25) is 0 Å². The van der Waals surface area contributed by atoms with Crippen LogP contribution in [0.1, 0.15) is 12.8 Å². The molecule has 0 spiro atoms. The Labute approximate surface area is 151 Å². The monoisotopic (exact) mass is 381 g/mol. The molecule has 0 bridgehead atoms. The standard InChI is InChI=1S/C16H19N3O4S2/c20-19(21)15-10-4-5-11-16(15)25(23)18-13-7-6-12-17-24(22)14-8-2-1-3-9-14/h1-5,8-11,17-18H,6-7,12-13H2. The molecule has 0 aliphatic carbocycles. The largest absolute Gasteiger partial charge is 0.286 e. The average molecular weight is 381 g/mol. The van der Waals surface area contributed by atoms with Crippen LogP contribution >= 0.6 is 0 Å². The summed E-state index contributed by atoms with van der Waals surface area (Å²) in [5.74, 6) is 0. The molecule has 0 aliphatic rings. The van der Waals surface area contributed by atoms with Gasteiger partial charge < -0.3 is 0 Å². The van der Waals surface area contributed by atoms with Crippen molar-refractivity contribution in [2.75, 3.05) is 13.1 Å². The van der Waals surface area contributed by atoms with E-state index in [2.05, 4.69) is 9.44 Å². The van der Waals surface area contributed by atoms with Gasteiger partial charge in [0, 0.05) is 19.2 Å². The second-order valence-electron chi connectivity index (χ2n) is 5.07. The first-order valence-corrected chi connectivity index (χ1v) is 9.98. The molecule has 0 aromatic heterocycles. The zero-order chi connectivity index (χ0) is 18.1. The van der Waals surface area contributed by atoms with E-state index < -0.39 is 26.9 Å².